The van der Waals surface area contributed by atoms with Crippen LogP contribution in [0.1, 0.15) is 35.8 Å². The second-order valence-corrected chi connectivity index (χ2v) is 9.57. The number of likely N-dealkylation sites (tertiary alicyclic amines) is 1. The summed E-state index contributed by atoms with van der Waals surface area (Å²) in [6, 6.07) is 18.7. The Balaban J connectivity index is 1.20. The first-order valence-corrected chi connectivity index (χ1v) is 12.7. The van der Waals surface area contributed by atoms with Crippen LogP contribution in [0.25, 0.3) is 11.0 Å². The number of halogens is 2. The maximum Gasteiger partial charge on any atom is 0.213 e. The van der Waals surface area contributed by atoms with Gasteiger partial charge in [0.25, 0.3) is 0 Å². The Kier molecular flexibility index (Phi) is 7.80. The van der Waals surface area contributed by atoms with Gasteiger partial charge in [-0.05, 0) is 56.3 Å². The Bertz CT molecular complexity index is 1320. The Hall–Kier alpha value is -3.00. The number of ether oxygens (including phenoxy) is 2. The van der Waals surface area contributed by atoms with Crippen molar-refractivity contribution in [1.29, 1.82) is 0 Å². The summed E-state index contributed by atoms with van der Waals surface area (Å²) >= 11 is 5.84. The minimum Gasteiger partial charge on any atom is -0.473 e. The van der Waals surface area contributed by atoms with E-state index < -0.39 is 0 Å². The summed E-state index contributed by atoms with van der Waals surface area (Å²) in [5.41, 5.74) is 3.66. The van der Waals surface area contributed by atoms with Crippen molar-refractivity contribution in [1.82, 2.24) is 19.4 Å². The van der Waals surface area contributed by atoms with Crippen molar-refractivity contribution < 1.29 is 13.9 Å². The minimum atomic E-state index is -0.373. The number of methoxy groups -OCH3 is 1. The van der Waals surface area contributed by atoms with Gasteiger partial charge in [-0.15, -0.1) is 0 Å². The molecule has 1 aliphatic rings. The lowest BCUT2D eigenvalue weighted by Gasteiger charge is -2.31. The second-order valence-electron chi connectivity index (χ2n) is 9.14. The molecule has 0 amide bonds. The van der Waals surface area contributed by atoms with Crippen LogP contribution >= 0.6 is 11.6 Å². The zero-order valence-corrected chi connectivity index (χ0v) is 21.1. The highest BCUT2D eigenvalue weighted by atomic mass is 35.5. The lowest BCUT2D eigenvalue weighted by Crippen LogP contribution is -2.33. The highest BCUT2D eigenvalue weighted by Gasteiger charge is 2.23. The fourth-order valence-electron chi connectivity index (χ4n) is 4.79. The number of hydrogen-bond donors (Lipinski definition) is 0. The highest BCUT2D eigenvalue weighted by Crippen LogP contribution is 2.29. The molecule has 2 aromatic heterocycles. The van der Waals surface area contributed by atoms with Gasteiger partial charge >= 0.3 is 0 Å². The molecule has 2 aromatic carbocycles. The smallest absolute Gasteiger partial charge is 0.213 e. The molecule has 1 saturated heterocycles. The van der Waals surface area contributed by atoms with Gasteiger partial charge in [0, 0.05) is 41.9 Å². The van der Waals surface area contributed by atoms with Gasteiger partial charge in [-0.1, -0.05) is 35.9 Å². The third kappa shape index (κ3) is 5.69. The van der Waals surface area contributed by atoms with E-state index in [2.05, 4.69) is 33.7 Å². The summed E-state index contributed by atoms with van der Waals surface area (Å²) in [4.78, 5) is 12.1. The lowest BCUT2D eigenvalue weighted by atomic mass is 9.93. The minimum absolute atomic E-state index is 0.113. The number of para-hydroxylation sites is 2. The van der Waals surface area contributed by atoms with E-state index >= 15 is 0 Å². The number of benzene rings is 2. The van der Waals surface area contributed by atoms with Crippen molar-refractivity contribution in [3.05, 3.63) is 88.6 Å². The first-order valence-electron chi connectivity index (χ1n) is 12.3. The van der Waals surface area contributed by atoms with Crippen LogP contribution in [-0.4, -0.2) is 46.2 Å². The predicted molar refractivity (Wildman–Crippen MR) is 139 cm³/mol. The van der Waals surface area contributed by atoms with Crippen LogP contribution < -0.4 is 4.74 Å². The Morgan fingerprint density at radius 1 is 1.03 bits per heavy atom. The van der Waals surface area contributed by atoms with E-state index in [0.29, 0.717) is 29.0 Å². The van der Waals surface area contributed by atoms with E-state index in [1.807, 2.05) is 18.2 Å². The summed E-state index contributed by atoms with van der Waals surface area (Å²) in [6.45, 7) is 4.32. The standard InChI is InChI=1S/C28H30ClFN4O2/c1-35-16-15-34-26-7-3-2-5-25(26)31-27(34)18-33-13-11-20(12-14-33)24-6-4-8-28(32-24)36-19-21-9-10-22(29)17-23(21)30/h2-10,17,20H,11-16,18-19H2,1H3. The summed E-state index contributed by atoms with van der Waals surface area (Å²) < 4.78 is 27.5. The molecule has 1 fully saturated rings. The fourth-order valence-corrected chi connectivity index (χ4v) is 4.95. The summed E-state index contributed by atoms with van der Waals surface area (Å²) in [7, 11) is 1.73. The third-order valence-electron chi connectivity index (χ3n) is 6.76. The molecule has 1 aliphatic heterocycles. The number of piperidine rings is 1. The molecule has 0 atom stereocenters. The number of nitrogens with zero attached hydrogens (tertiary/aromatic N) is 4. The molecule has 3 heterocycles. The van der Waals surface area contributed by atoms with Crippen LogP contribution in [0.15, 0.2) is 60.7 Å². The molecule has 4 aromatic rings. The van der Waals surface area contributed by atoms with Crippen molar-refractivity contribution in [2.24, 2.45) is 0 Å². The molecule has 188 valence electrons. The molecule has 0 unspecified atom stereocenters. The van der Waals surface area contributed by atoms with Crippen LogP contribution in [0.3, 0.4) is 0 Å². The number of imidazole rings is 1. The average molecular weight is 509 g/mol. The predicted octanol–water partition coefficient (Wildman–Crippen LogP) is 5.83. The van der Waals surface area contributed by atoms with Crippen LogP contribution in [0.4, 0.5) is 4.39 Å². The molecular weight excluding hydrogens is 479 g/mol. The molecule has 0 spiro atoms. The molecule has 0 aliphatic carbocycles. The van der Waals surface area contributed by atoms with Gasteiger partial charge in [0.15, 0.2) is 0 Å². The zero-order valence-electron chi connectivity index (χ0n) is 20.4. The van der Waals surface area contributed by atoms with Gasteiger partial charge in [0.2, 0.25) is 5.88 Å². The van der Waals surface area contributed by atoms with Gasteiger partial charge in [-0.2, -0.15) is 0 Å². The second kappa shape index (κ2) is 11.4. The van der Waals surface area contributed by atoms with E-state index in [-0.39, 0.29) is 12.4 Å². The molecule has 0 saturated carbocycles. The van der Waals surface area contributed by atoms with Crippen molar-refractivity contribution in [2.45, 2.75) is 38.5 Å². The number of hydrogen-bond acceptors (Lipinski definition) is 5. The Morgan fingerprint density at radius 2 is 1.86 bits per heavy atom. The summed E-state index contributed by atoms with van der Waals surface area (Å²) in [5.74, 6) is 1.58. The fraction of sp³-hybridized carbons (Fsp3) is 0.357. The molecule has 6 nitrogen and oxygen atoms in total. The Morgan fingerprint density at radius 3 is 2.67 bits per heavy atom. The number of fused-ring (bicyclic) bond motifs is 1. The first-order chi connectivity index (χ1) is 17.6. The average Bonchev–Trinajstić information content (AvgIpc) is 3.24. The van der Waals surface area contributed by atoms with E-state index in [1.165, 1.54) is 6.07 Å². The van der Waals surface area contributed by atoms with Crippen LogP contribution in [0.2, 0.25) is 5.02 Å². The van der Waals surface area contributed by atoms with Gasteiger partial charge in [-0.25, -0.2) is 14.4 Å². The van der Waals surface area contributed by atoms with E-state index in [1.54, 1.807) is 19.2 Å². The maximum absolute atomic E-state index is 14.1. The molecule has 0 radical (unpaired) electrons. The lowest BCUT2D eigenvalue weighted by molar-refractivity contribution is 0.178. The van der Waals surface area contributed by atoms with Crippen LogP contribution in [0, 0.1) is 5.82 Å². The highest BCUT2D eigenvalue weighted by molar-refractivity contribution is 6.30. The quantitative estimate of drug-likeness (QED) is 0.285. The van der Waals surface area contributed by atoms with Crippen LogP contribution in [-0.2, 0) is 24.4 Å². The van der Waals surface area contributed by atoms with Gasteiger partial charge in [-0.3, -0.25) is 4.90 Å². The van der Waals surface area contributed by atoms with Crippen molar-refractivity contribution in [3.8, 4) is 5.88 Å². The molecular formula is C28H30ClFN4O2. The van der Waals surface area contributed by atoms with E-state index in [4.69, 9.17) is 31.0 Å². The molecule has 5 rings (SSSR count). The molecule has 8 heteroatoms. The van der Waals surface area contributed by atoms with Gasteiger partial charge < -0.3 is 14.0 Å². The zero-order chi connectivity index (χ0) is 24.9. The summed E-state index contributed by atoms with van der Waals surface area (Å²) in [5, 5.41) is 0.370. The number of aromatic nitrogens is 3. The topological polar surface area (TPSA) is 52.4 Å². The largest absolute Gasteiger partial charge is 0.473 e. The van der Waals surface area contributed by atoms with Gasteiger partial charge in [0.1, 0.15) is 18.2 Å². The first kappa shape index (κ1) is 24.7. The number of pyridine rings is 1. The van der Waals surface area contributed by atoms with Crippen molar-refractivity contribution in [3.63, 3.8) is 0 Å². The van der Waals surface area contributed by atoms with Crippen molar-refractivity contribution >= 4 is 22.6 Å². The molecule has 36 heavy (non-hydrogen) atoms. The number of rotatable bonds is 9. The van der Waals surface area contributed by atoms with Crippen molar-refractivity contribution in [2.75, 3.05) is 26.8 Å². The third-order valence-corrected chi connectivity index (χ3v) is 6.99. The SMILES string of the molecule is COCCn1c(CN2CCC(c3cccc(OCc4ccc(Cl)cc4F)n3)CC2)nc2ccccc21. The Labute approximate surface area is 215 Å². The monoisotopic (exact) mass is 508 g/mol. The summed E-state index contributed by atoms with van der Waals surface area (Å²) in [6.07, 6.45) is 2.03. The normalized spacial score (nSPS) is 15.0. The van der Waals surface area contributed by atoms with E-state index in [0.717, 1.165) is 61.6 Å². The van der Waals surface area contributed by atoms with E-state index in [9.17, 15) is 4.39 Å². The molecule has 0 N–H and O–H groups in total. The van der Waals surface area contributed by atoms with Gasteiger partial charge in [0.05, 0.1) is 24.2 Å². The van der Waals surface area contributed by atoms with Crippen LogP contribution in [0.5, 0.6) is 5.88 Å². The molecule has 0 bridgehead atoms. The maximum atomic E-state index is 14.1.